The Morgan fingerprint density at radius 1 is 0.935 bits per heavy atom. The molecule has 0 heterocycles. The maximum Gasteiger partial charge on any atom is 0.405 e. The van der Waals surface area contributed by atoms with E-state index >= 15 is 0 Å². The molecule has 0 fully saturated rings. The Balaban J connectivity index is 2.06. The molecule has 162 valence electrons. The maximum atomic E-state index is 14.5. The van der Waals surface area contributed by atoms with Crippen LogP contribution in [0.25, 0.3) is 11.1 Å². The summed E-state index contributed by atoms with van der Waals surface area (Å²) < 4.78 is 81.7. The van der Waals surface area contributed by atoms with E-state index in [0.717, 1.165) is 17.7 Å². The van der Waals surface area contributed by atoms with Gasteiger partial charge in [-0.25, -0.2) is 0 Å². The minimum atomic E-state index is -4.98. The molecule has 1 N–H and O–H groups in total. The van der Waals surface area contributed by atoms with Crippen molar-refractivity contribution in [1.82, 2.24) is 5.32 Å². The molecular weight excluding hydrogens is 418 g/mol. The molecule has 0 spiro atoms. The van der Waals surface area contributed by atoms with Crippen LogP contribution < -0.4 is 5.32 Å². The summed E-state index contributed by atoms with van der Waals surface area (Å²) >= 11 is 0. The molecule has 3 rings (SSSR count). The Hall–Kier alpha value is -3.21. The minimum absolute atomic E-state index is 0.258. The lowest BCUT2D eigenvalue weighted by atomic mass is 9.66. The summed E-state index contributed by atoms with van der Waals surface area (Å²) in [4.78, 5) is 0. The average Bonchev–Trinajstić information content (AvgIpc) is 2.72. The highest BCUT2D eigenvalue weighted by Crippen LogP contribution is 2.53. The van der Waals surface area contributed by atoms with Crippen LogP contribution in [0.1, 0.15) is 5.56 Å². The van der Waals surface area contributed by atoms with Gasteiger partial charge in [-0.05, 0) is 29.2 Å². The standard InChI is InChI=1S/C23H18F6N2/c24-22(25,26)15-31-20-11-5-10-19(14-30)21(20,23(27,28)29)13-16-6-4-9-18(12-16)17-7-2-1-3-8-17/h1-12,19,31H,13,15H2. The number of alkyl halides is 6. The van der Waals surface area contributed by atoms with Gasteiger partial charge in [0.25, 0.3) is 0 Å². The fourth-order valence-corrected chi connectivity index (χ4v) is 3.76. The van der Waals surface area contributed by atoms with Gasteiger partial charge in [0.15, 0.2) is 0 Å². The van der Waals surface area contributed by atoms with E-state index in [2.05, 4.69) is 0 Å². The van der Waals surface area contributed by atoms with Gasteiger partial charge in [0.05, 0.1) is 12.0 Å². The molecule has 0 saturated heterocycles. The predicted molar refractivity (Wildman–Crippen MR) is 104 cm³/mol. The lowest BCUT2D eigenvalue weighted by molar-refractivity contribution is -0.220. The number of rotatable bonds is 5. The summed E-state index contributed by atoms with van der Waals surface area (Å²) in [7, 11) is 0. The highest BCUT2D eigenvalue weighted by molar-refractivity contribution is 5.64. The Morgan fingerprint density at radius 3 is 2.23 bits per heavy atom. The van der Waals surface area contributed by atoms with Gasteiger partial charge in [-0.2, -0.15) is 31.6 Å². The molecule has 31 heavy (non-hydrogen) atoms. The zero-order chi connectivity index (χ0) is 22.7. The number of halogens is 6. The van der Waals surface area contributed by atoms with Gasteiger partial charge in [-0.3, -0.25) is 0 Å². The van der Waals surface area contributed by atoms with E-state index in [1.807, 2.05) is 5.32 Å². The summed E-state index contributed by atoms with van der Waals surface area (Å²) in [5.74, 6) is -1.69. The molecule has 0 aliphatic heterocycles. The predicted octanol–water partition coefficient (Wildman–Crippen LogP) is 6.19. The first-order valence-corrected chi connectivity index (χ1v) is 9.37. The van der Waals surface area contributed by atoms with E-state index in [1.165, 1.54) is 12.1 Å². The van der Waals surface area contributed by atoms with Gasteiger partial charge >= 0.3 is 12.4 Å². The molecule has 1 aliphatic rings. The van der Waals surface area contributed by atoms with Gasteiger partial charge in [-0.1, -0.05) is 66.7 Å². The van der Waals surface area contributed by atoms with Crippen molar-refractivity contribution < 1.29 is 26.3 Å². The molecule has 2 aromatic rings. The summed E-state index contributed by atoms with van der Waals surface area (Å²) in [5, 5.41) is 11.4. The van der Waals surface area contributed by atoms with Crippen molar-refractivity contribution in [2.45, 2.75) is 18.8 Å². The molecule has 0 radical (unpaired) electrons. The Morgan fingerprint density at radius 2 is 1.61 bits per heavy atom. The molecule has 0 amide bonds. The lowest BCUT2D eigenvalue weighted by Gasteiger charge is -2.42. The van der Waals surface area contributed by atoms with Crippen LogP contribution in [-0.4, -0.2) is 18.9 Å². The van der Waals surface area contributed by atoms with Crippen LogP contribution in [0.15, 0.2) is 78.5 Å². The van der Waals surface area contributed by atoms with E-state index in [9.17, 15) is 31.6 Å². The fourth-order valence-electron chi connectivity index (χ4n) is 3.76. The summed E-state index contributed by atoms with van der Waals surface area (Å²) in [6.45, 7) is -1.63. The second-order valence-electron chi connectivity index (χ2n) is 7.25. The Bertz CT molecular complexity index is 1010. The van der Waals surface area contributed by atoms with Gasteiger partial charge in [0.2, 0.25) is 0 Å². The number of hydrogen-bond acceptors (Lipinski definition) is 2. The van der Waals surface area contributed by atoms with Crippen LogP contribution in [0.3, 0.4) is 0 Å². The molecule has 2 nitrogen and oxygen atoms in total. The summed E-state index contributed by atoms with van der Waals surface area (Å²) in [5.41, 5.74) is -1.79. The molecule has 0 aromatic heterocycles. The van der Waals surface area contributed by atoms with Crippen molar-refractivity contribution in [1.29, 1.82) is 5.26 Å². The minimum Gasteiger partial charge on any atom is -0.379 e. The fraction of sp³-hybridized carbons (Fsp3) is 0.261. The molecule has 2 unspecified atom stereocenters. The first-order chi connectivity index (χ1) is 14.6. The summed E-state index contributed by atoms with van der Waals surface area (Å²) in [6.07, 6.45) is -7.16. The van der Waals surface area contributed by atoms with E-state index in [1.54, 1.807) is 54.6 Å². The van der Waals surface area contributed by atoms with Crippen molar-refractivity contribution >= 4 is 0 Å². The second kappa shape index (κ2) is 8.50. The highest BCUT2D eigenvalue weighted by Gasteiger charge is 2.62. The van der Waals surface area contributed by atoms with E-state index in [-0.39, 0.29) is 5.56 Å². The zero-order valence-electron chi connectivity index (χ0n) is 16.1. The third kappa shape index (κ3) is 4.76. The van der Waals surface area contributed by atoms with Crippen LogP contribution in [0.4, 0.5) is 26.3 Å². The second-order valence-corrected chi connectivity index (χ2v) is 7.25. The number of allylic oxidation sites excluding steroid dienone is 4. The van der Waals surface area contributed by atoms with Crippen molar-refractivity contribution in [2.75, 3.05) is 6.54 Å². The van der Waals surface area contributed by atoms with Gasteiger partial charge < -0.3 is 5.32 Å². The normalized spacial score (nSPS) is 21.3. The van der Waals surface area contributed by atoms with Crippen molar-refractivity contribution in [3.05, 3.63) is 84.1 Å². The number of nitrogens with zero attached hydrogens (tertiary/aromatic N) is 1. The van der Waals surface area contributed by atoms with Crippen LogP contribution in [-0.2, 0) is 6.42 Å². The molecule has 2 aromatic carbocycles. The van der Waals surface area contributed by atoms with Crippen molar-refractivity contribution in [3.63, 3.8) is 0 Å². The maximum absolute atomic E-state index is 14.5. The third-order valence-electron chi connectivity index (χ3n) is 5.22. The van der Waals surface area contributed by atoms with Crippen LogP contribution >= 0.6 is 0 Å². The number of hydrogen-bond donors (Lipinski definition) is 1. The molecule has 0 saturated carbocycles. The number of benzene rings is 2. The molecular formula is C23H18F6N2. The van der Waals surface area contributed by atoms with Gasteiger partial charge in [0, 0.05) is 5.70 Å². The topological polar surface area (TPSA) is 35.8 Å². The quantitative estimate of drug-likeness (QED) is 0.568. The highest BCUT2D eigenvalue weighted by atomic mass is 19.4. The Kier molecular flexibility index (Phi) is 6.16. The van der Waals surface area contributed by atoms with Gasteiger partial charge in [0.1, 0.15) is 12.0 Å². The largest absolute Gasteiger partial charge is 0.405 e. The van der Waals surface area contributed by atoms with Crippen LogP contribution in [0.2, 0.25) is 0 Å². The van der Waals surface area contributed by atoms with E-state index in [0.29, 0.717) is 5.56 Å². The molecule has 2 atom stereocenters. The number of nitriles is 1. The van der Waals surface area contributed by atoms with Gasteiger partial charge in [-0.15, -0.1) is 0 Å². The van der Waals surface area contributed by atoms with Crippen molar-refractivity contribution in [3.8, 4) is 17.2 Å². The SMILES string of the molecule is N#CC1C=CC=C(NCC(F)(F)F)C1(Cc1cccc(-c2ccccc2)c1)C(F)(F)F. The first kappa shape index (κ1) is 22.5. The first-order valence-electron chi connectivity index (χ1n) is 9.37. The van der Waals surface area contributed by atoms with E-state index in [4.69, 9.17) is 0 Å². The molecule has 0 bridgehead atoms. The van der Waals surface area contributed by atoms with Crippen molar-refractivity contribution in [2.24, 2.45) is 11.3 Å². The Labute approximate surface area is 175 Å². The third-order valence-corrected chi connectivity index (χ3v) is 5.22. The zero-order valence-corrected chi connectivity index (χ0v) is 16.1. The number of nitrogens with one attached hydrogen (secondary N) is 1. The van der Waals surface area contributed by atoms with Crippen LogP contribution in [0.5, 0.6) is 0 Å². The summed E-state index contributed by atoms with van der Waals surface area (Å²) in [6, 6.07) is 17.0. The lowest BCUT2D eigenvalue weighted by Crippen LogP contribution is -2.52. The average molecular weight is 436 g/mol. The van der Waals surface area contributed by atoms with E-state index < -0.39 is 42.3 Å². The smallest absolute Gasteiger partial charge is 0.379 e. The molecule has 1 aliphatic carbocycles. The monoisotopic (exact) mass is 436 g/mol. The van der Waals surface area contributed by atoms with Crippen LogP contribution in [0, 0.1) is 22.7 Å². The molecule has 8 heteroatoms.